The van der Waals surface area contributed by atoms with Crippen LogP contribution in [-0.2, 0) is 36.9 Å². The number of carbonyl (C=O) groups is 3. The number of hydrogen-bond acceptors (Lipinski definition) is 10. The lowest BCUT2D eigenvalue weighted by atomic mass is 10.2. The third-order valence-electron chi connectivity index (χ3n) is 7.25. The molecule has 0 spiro atoms. The van der Waals surface area contributed by atoms with E-state index in [9.17, 15) is 19.5 Å². The summed E-state index contributed by atoms with van der Waals surface area (Å²) in [7, 11) is 1.53. The van der Waals surface area contributed by atoms with Crippen molar-refractivity contribution in [2.45, 2.75) is 102 Å². The molecular formula is C33H48N4O9. The van der Waals surface area contributed by atoms with Gasteiger partial charge in [-0.3, -0.25) is 0 Å². The van der Waals surface area contributed by atoms with Gasteiger partial charge in [0.1, 0.15) is 25.6 Å². The van der Waals surface area contributed by atoms with Gasteiger partial charge in [0.2, 0.25) is 0 Å². The maximum absolute atomic E-state index is 12.1. The summed E-state index contributed by atoms with van der Waals surface area (Å²) >= 11 is 0. The first-order valence-electron chi connectivity index (χ1n) is 15.4. The molecule has 0 radical (unpaired) electrons. The van der Waals surface area contributed by atoms with Crippen LogP contribution < -0.4 is 21.7 Å². The standard InChI is InChI=1S/C20H30N2O6.C13H18N2O3/c1-20(2,3)28-19(24)22-16-10-15(11-17(16)27-13-25-4)21-18(23)26-12-14-8-6-5-7-9-14;14-11-6-10(7-12(11)16)15-13(17)18-8-9-4-2-1-3-5-9/h5-9,15-17H,10-13H2,1-4H3,(H,21,23)(H,22,24);1-5,10-12,16H,6-8,14H2,(H,15,17)/t15-,16+,17+;10-,11+,12+/m11/s1. The summed E-state index contributed by atoms with van der Waals surface area (Å²) in [5.74, 6) is 0. The molecule has 4 rings (SSSR count). The van der Waals surface area contributed by atoms with Crippen molar-refractivity contribution in [1.82, 2.24) is 16.0 Å². The second-order valence-electron chi connectivity index (χ2n) is 12.3. The minimum atomic E-state index is -0.593. The zero-order valence-electron chi connectivity index (χ0n) is 27.0. The van der Waals surface area contributed by atoms with E-state index in [2.05, 4.69) is 16.0 Å². The largest absolute Gasteiger partial charge is 0.445 e. The fraction of sp³-hybridized carbons (Fsp3) is 0.545. The number of alkyl carbamates (subject to hydrolysis) is 3. The van der Waals surface area contributed by atoms with Crippen molar-refractivity contribution in [1.29, 1.82) is 0 Å². The van der Waals surface area contributed by atoms with Gasteiger partial charge in [0.05, 0.1) is 18.2 Å². The molecule has 0 unspecified atom stereocenters. The SMILES string of the molecule is COCO[C@H]1C[C@H](NC(=O)OCc2ccccc2)C[C@@H]1NC(=O)OC(C)(C)C.N[C@H]1C[C@@H](NC(=O)OCc2ccccc2)C[C@@H]1O. The zero-order chi connectivity index (χ0) is 33.5. The van der Waals surface area contributed by atoms with E-state index in [1.165, 1.54) is 7.11 Å². The summed E-state index contributed by atoms with van der Waals surface area (Å²) in [6.45, 7) is 5.94. The Labute approximate surface area is 270 Å². The Morgan fingerprint density at radius 1 is 0.783 bits per heavy atom. The molecule has 2 aliphatic carbocycles. The molecule has 0 aliphatic heterocycles. The molecule has 2 saturated carbocycles. The van der Waals surface area contributed by atoms with Gasteiger partial charge in [-0.05, 0) is 57.6 Å². The van der Waals surface area contributed by atoms with Gasteiger partial charge in [0.15, 0.2) is 0 Å². The molecule has 2 aromatic rings. The molecule has 6 N–H and O–H groups in total. The van der Waals surface area contributed by atoms with Crippen LogP contribution >= 0.6 is 0 Å². The molecule has 254 valence electrons. The van der Waals surface area contributed by atoms with Crippen LogP contribution in [0.5, 0.6) is 0 Å². The van der Waals surface area contributed by atoms with Crippen molar-refractivity contribution >= 4 is 18.3 Å². The number of ether oxygens (including phenoxy) is 5. The van der Waals surface area contributed by atoms with E-state index in [0.717, 1.165) is 11.1 Å². The number of nitrogens with two attached hydrogens (primary N) is 1. The monoisotopic (exact) mass is 644 g/mol. The molecule has 46 heavy (non-hydrogen) atoms. The van der Waals surface area contributed by atoms with Gasteiger partial charge in [-0.2, -0.15) is 0 Å². The van der Waals surface area contributed by atoms with Crippen molar-refractivity contribution in [3.05, 3.63) is 71.8 Å². The number of rotatable bonds is 10. The Balaban J connectivity index is 0.000000275. The van der Waals surface area contributed by atoms with Crippen LogP contribution in [0.15, 0.2) is 60.7 Å². The van der Waals surface area contributed by atoms with Gasteiger partial charge in [-0.25, -0.2) is 14.4 Å². The molecule has 13 nitrogen and oxygen atoms in total. The maximum Gasteiger partial charge on any atom is 0.407 e. The Bertz CT molecular complexity index is 1200. The average molecular weight is 645 g/mol. The Kier molecular flexibility index (Phi) is 14.5. The van der Waals surface area contributed by atoms with Crippen molar-refractivity contribution in [2.75, 3.05) is 13.9 Å². The summed E-state index contributed by atoms with van der Waals surface area (Å²) in [6.07, 6.45) is -0.212. The summed E-state index contributed by atoms with van der Waals surface area (Å²) < 4.78 is 26.3. The first kappa shape index (κ1) is 36.6. The molecule has 0 aromatic heterocycles. The Morgan fingerprint density at radius 3 is 1.76 bits per heavy atom. The number of aliphatic hydroxyl groups excluding tert-OH is 1. The van der Waals surface area contributed by atoms with E-state index >= 15 is 0 Å². The highest BCUT2D eigenvalue weighted by atomic mass is 16.7. The molecule has 2 aliphatic rings. The maximum atomic E-state index is 12.1. The lowest BCUT2D eigenvalue weighted by Gasteiger charge is -2.24. The summed E-state index contributed by atoms with van der Waals surface area (Å²) in [4.78, 5) is 35.7. The average Bonchev–Trinajstić information content (AvgIpc) is 3.53. The fourth-order valence-corrected chi connectivity index (χ4v) is 5.10. The van der Waals surface area contributed by atoms with E-state index in [-0.39, 0.29) is 50.3 Å². The third-order valence-corrected chi connectivity index (χ3v) is 7.25. The predicted molar refractivity (Wildman–Crippen MR) is 169 cm³/mol. The molecule has 0 heterocycles. The van der Waals surface area contributed by atoms with Gasteiger partial charge in [0.25, 0.3) is 0 Å². The van der Waals surface area contributed by atoms with Crippen molar-refractivity contribution in [3.8, 4) is 0 Å². The predicted octanol–water partition coefficient (Wildman–Crippen LogP) is 3.72. The Hall–Kier alpha value is -3.91. The number of nitrogens with one attached hydrogen (secondary N) is 3. The van der Waals surface area contributed by atoms with E-state index in [4.69, 9.17) is 29.4 Å². The highest BCUT2D eigenvalue weighted by molar-refractivity contribution is 5.69. The van der Waals surface area contributed by atoms with Crippen molar-refractivity contribution < 1.29 is 43.2 Å². The second-order valence-corrected chi connectivity index (χ2v) is 12.3. The van der Waals surface area contributed by atoms with Crippen molar-refractivity contribution in [2.24, 2.45) is 5.73 Å². The number of amides is 3. The minimum Gasteiger partial charge on any atom is -0.445 e. The van der Waals surface area contributed by atoms with Gasteiger partial charge in [-0.15, -0.1) is 0 Å². The molecular weight excluding hydrogens is 596 g/mol. The molecule has 0 bridgehead atoms. The summed E-state index contributed by atoms with van der Waals surface area (Å²) in [5, 5.41) is 17.8. The van der Waals surface area contributed by atoms with Gasteiger partial charge < -0.3 is 50.5 Å². The van der Waals surface area contributed by atoms with Gasteiger partial charge in [0, 0.05) is 25.2 Å². The highest BCUT2D eigenvalue weighted by Crippen LogP contribution is 2.24. The van der Waals surface area contributed by atoms with Crippen molar-refractivity contribution in [3.63, 3.8) is 0 Å². The van der Waals surface area contributed by atoms with E-state index < -0.39 is 30.0 Å². The fourth-order valence-electron chi connectivity index (χ4n) is 5.10. The number of benzene rings is 2. The van der Waals surface area contributed by atoms with E-state index in [1.54, 1.807) is 20.8 Å². The van der Waals surface area contributed by atoms with E-state index in [1.807, 2.05) is 60.7 Å². The van der Waals surface area contributed by atoms with Crippen LogP contribution in [-0.4, -0.2) is 79.3 Å². The number of methoxy groups -OCH3 is 1. The quantitative estimate of drug-likeness (QED) is 0.189. The Morgan fingerprint density at radius 2 is 1.30 bits per heavy atom. The summed E-state index contributed by atoms with van der Waals surface area (Å²) in [5.41, 5.74) is 6.93. The van der Waals surface area contributed by atoms with Gasteiger partial charge in [-0.1, -0.05) is 60.7 Å². The molecule has 2 fully saturated rings. The zero-order valence-corrected chi connectivity index (χ0v) is 27.0. The van der Waals surface area contributed by atoms with Crippen LogP contribution in [0.1, 0.15) is 57.6 Å². The van der Waals surface area contributed by atoms with Gasteiger partial charge >= 0.3 is 18.3 Å². The number of carbonyl (C=O) groups excluding carboxylic acids is 3. The van der Waals surface area contributed by atoms with E-state index in [0.29, 0.717) is 25.7 Å². The molecule has 6 atom stereocenters. The lowest BCUT2D eigenvalue weighted by Crippen LogP contribution is -2.44. The first-order valence-corrected chi connectivity index (χ1v) is 15.4. The van der Waals surface area contributed by atoms with Crippen LogP contribution in [0.25, 0.3) is 0 Å². The minimum absolute atomic E-state index is 0.0988. The first-order chi connectivity index (χ1) is 21.9. The van der Waals surface area contributed by atoms with Crippen LogP contribution in [0.4, 0.5) is 14.4 Å². The topological polar surface area (TPSA) is 180 Å². The molecule has 0 saturated heterocycles. The second kappa shape index (κ2) is 18.3. The normalized spacial score (nSPS) is 23.8. The molecule has 3 amide bonds. The van der Waals surface area contributed by atoms with Crippen LogP contribution in [0.3, 0.4) is 0 Å². The summed E-state index contributed by atoms with van der Waals surface area (Å²) in [6, 6.07) is 18.1. The smallest absolute Gasteiger partial charge is 0.407 e. The third kappa shape index (κ3) is 13.6. The molecule has 2 aromatic carbocycles. The van der Waals surface area contributed by atoms with Crippen LogP contribution in [0.2, 0.25) is 0 Å². The number of hydrogen-bond donors (Lipinski definition) is 5. The molecule has 13 heteroatoms. The van der Waals surface area contributed by atoms with Crippen LogP contribution in [0, 0.1) is 0 Å². The highest BCUT2D eigenvalue weighted by Gasteiger charge is 2.38. The number of aliphatic hydroxyl groups is 1. The lowest BCUT2D eigenvalue weighted by molar-refractivity contribution is -0.0773.